The van der Waals surface area contributed by atoms with E-state index in [2.05, 4.69) is 24.3 Å². The highest BCUT2D eigenvalue weighted by molar-refractivity contribution is 5.93. The van der Waals surface area contributed by atoms with E-state index in [1.807, 2.05) is 0 Å². The summed E-state index contributed by atoms with van der Waals surface area (Å²) >= 11 is 0. The fourth-order valence-electron chi connectivity index (χ4n) is 3.02. The van der Waals surface area contributed by atoms with Crippen LogP contribution < -0.4 is 5.32 Å². The van der Waals surface area contributed by atoms with Crippen LogP contribution in [0.4, 0.5) is 5.82 Å². The summed E-state index contributed by atoms with van der Waals surface area (Å²) in [5, 5.41) is 6.46. The summed E-state index contributed by atoms with van der Waals surface area (Å²) < 4.78 is 4.95. The Kier molecular flexibility index (Phi) is 12.2. The maximum absolute atomic E-state index is 12.6. The predicted molar refractivity (Wildman–Crippen MR) is 109 cm³/mol. The molecular weight excluding hydrogens is 342 g/mol. The molecule has 1 heterocycles. The Hall–Kier alpha value is -1.85. The molecule has 0 radical (unpaired) electrons. The van der Waals surface area contributed by atoms with Crippen molar-refractivity contribution >= 4 is 17.6 Å². The quantitative estimate of drug-likeness (QED) is 0.431. The van der Waals surface area contributed by atoms with Gasteiger partial charge in [0.2, 0.25) is 11.8 Å². The van der Waals surface area contributed by atoms with Crippen LogP contribution in [0.25, 0.3) is 0 Å². The molecule has 0 atom stereocenters. The molecule has 0 spiro atoms. The van der Waals surface area contributed by atoms with Crippen molar-refractivity contribution in [1.82, 2.24) is 10.1 Å². The predicted octanol–water partition coefficient (Wildman–Crippen LogP) is 5.08. The Morgan fingerprint density at radius 1 is 1.00 bits per heavy atom. The second-order valence-corrected chi connectivity index (χ2v) is 7.26. The third kappa shape index (κ3) is 10.8. The molecule has 0 fully saturated rings. The smallest absolute Gasteiger partial charge is 0.245 e. The Morgan fingerprint density at radius 3 is 2.26 bits per heavy atom. The number of amides is 2. The molecule has 154 valence electrons. The van der Waals surface area contributed by atoms with Gasteiger partial charge in [0.05, 0.1) is 6.54 Å². The highest BCUT2D eigenvalue weighted by atomic mass is 16.5. The number of aryl methyl sites for hydroxylation is 1. The zero-order chi connectivity index (χ0) is 19.9. The lowest BCUT2D eigenvalue weighted by molar-refractivity contribution is -0.134. The van der Waals surface area contributed by atoms with E-state index in [-0.39, 0.29) is 18.4 Å². The SMILES string of the molecule is CCCCCCCCCC(=O)N(CCCCC)CC(=O)Nc1cc(C)on1. The van der Waals surface area contributed by atoms with Gasteiger partial charge in [-0.25, -0.2) is 0 Å². The summed E-state index contributed by atoms with van der Waals surface area (Å²) in [4.78, 5) is 26.5. The van der Waals surface area contributed by atoms with Crippen molar-refractivity contribution in [2.24, 2.45) is 0 Å². The van der Waals surface area contributed by atoms with Crippen LogP contribution in [-0.2, 0) is 9.59 Å². The molecule has 6 heteroatoms. The lowest BCUT2D eigenvalue weighted by Gasteiger charge is -2.22. The molecule has 0 bridgehead atoms. The molecule has 6 nitrogen and oxygen atoms in total. The number of anilines is 1. The van der Waals surface area contributed by atoms with E-state index in [1.165, 1.54) is 32.1 Å². The van der Waals surface area contributed by atoms with Crippen LogP contribution in [0.1, 0.15) is 90.2 Å². The Bertz CT molecular complexity index is 543. The van der Waals surface area contributed by atoms with E-state index in [1.54, 1.807) is 17.9 Å². The van der Waals surface area contributed by atoms with Crippen molar-refractivity contribution in [1.29, 1.82) is 0 Å². The third-order valence-corrected chi connectivity index (χ3v) is 4.61. The number of hydrogen-bond acceptors (Lipinski definition) is 4. The zero-order valence-corrected chi connectivity index (χ0v) is 17.4. The molecule has 0 aliphatic rings. The first-order valence-corrected chi connectivity index (χ1v) is 10.6. The molecule has 1 rings (SSSR count). The first kappa shape index (κ1) is 23.2. The van der Waals surface area contributed by atoms with E-state index in [9.17, 15) is 9.59 Å². The average Bonchev–Trinajstić information content (AvgIpc) is 3.04. The number of carbonyl (C=O) groups excluding carboxylic acids is 2. The van der Waals surface area contributed by atoms with Gasteiger partial charge in [-0.3, -0.25) is 9.59 Å². The normalized spacial score (nSPS) is 10.8. The molecule has 0 unspecified atom stereocenters. The zero-order valence-electron chi connectivity index (χ0n) is 17.4. The number of carbonyl (C=O) groups is 2. The van der Waals surface area contributed by atoms with Gasteiger partial charge in [-0.2, -0.15) is 0 Å². The van der Waals surface area contributed by atoms with E-state index in [4.69, 9.17) is 4.52 Å². The molecule has 1 aromatic heterocycles. The number of rotatable bonds is 15. The Balaban J connectivity index is 2.39. The minimum Gasteiger partial charge on any atom is -0.360 e. The molecule has 0 saturated carbocycles. The topological polar surface area (TPSA) is 75.4 Å². The molecule has 1 aromatic rings. The number of unbranched alkanes of at least 4 members (excludes halogenated alkanes) is 8. The van der Waals surface area contributed by atoms with Crippen LogP contribution >= 0.6 is 0 Å². The molecule has 0 aromatic carbocycles. The van der Waals surface area contributed by atoms with Crippen LogP contribution in [-0.4, -0.2) is 35.0 Å². The monoisotopic (exact) mass is 379 g/mol. The van der Waals surface area contributed by atoms with Crippen LogP contribution in [0.15, 0.2) is 10.6 Å². The van der Waals surface area contributed by atoms with Gasteiger partial charge in [0.25, 0.3) is 0 Å². The first-order valence-electron chi connectivity index (χ1n) is 10.6. The molecule has 2 amide bonds. The molecule has 0 saturated heterocycles. The maximum Gasteiger partial charge on any atom is 0.245 e. The molecular formula is C21H37N3O3. The van der Waals surface area contributed by atoms with Gasteiger partial charge in [-0.05, 0) is 19.8 Å². The second kappa shape index (κ2) is 14.2. The second-order valence-electron chi connectivity index (χ2n) is 7.26. The van der Waals surface area contributed by atoms with Gasteiger partial charge in [-0.15, -0.1) is 0 Å². The number of nitrogens with zero attached hydrogens (tertiary/aromatic N) is 2. The first-order chi connectivity index (χ1) is 13.1. The largest absolute Gasteiger partial charge is 0.360 e. The minimum absolute atomic E-state index is 0.0744. The lowest BCUT2D eigenvalue weighted by Crippen LogP contribution is -2.38. The molecule has 0 aliphatic heterocycles. The fourth-order valence-corrected chi connectivity index (χ4v) is 3.02. The fraction of sp³-hybridized carbons (Fsp3) is 0.762. The molecule has 1 N–H and O–H groups in total. The standard InChI is InChI=1S/C21H37N3O3/c1-4-6-8-9-10-11-12-14-21(26)24(15-13-7-5-2)17-20(25)22-19-16-18(3)27-23-19/h16H,4-15,17H2,1-3H3,(H,22,23,25). The number of aromatic nitrogens is 1. The highest BCUT2D eigenvalue weighted by Gasteiger charge is 2.17. The van der Waals surface area contributed by atoms with Crippen LogP contribution in [0.5, 0.6) is 0 Å². The van der Waals surface area contributed by atoms with Crippen molar-refractivity contribution < 1.29 is 14.1 Å². The third-order valence-electron chi connectivity index (χ3n) is 4.61. The van der Waals surface area contributed by atoms with Gasteiger partial charge in [0.15, 0.2) is 5.82 Å². The Labute approximate surface area is 164 Å². The molecule has 27 heavy (non-hydrogen) atoms. The van der Waals surface area contributed by atoms with Gasteiger partial charge in [0.1, 0.15) is 5.76 Å². The van der Waals surface area contributed by atoms with E-state index in [0.717, 1.165) is 32.1 Å². The number of hydrogen-bond donors (Lipinski definition) is 1. The lowest BCUT2D eigenvalue weighted by atomic mass is 10.1. The van der Waals surface area contributed by atoms with Gasteiger partial charge in [-0.1, -0.05) is 70.4 Å². The summed E-state index contributed by atoms with van der Waals surface area (Å²) in [7, 11) is 0. The minimum atomic E-state index is -0.229. The van der Waals surface area contributed by atoms with E-state index >= 15 is 0 Å². The Morgan fingerprint density at radius 2 is 1.63 bits per heavy atom. The van der Waals surface area contributed by atoms with E-state index < -0.39 is 0 Å². The van der Waals surface area contributed by atoms with E-state index in [0.29, 0.717) is 24.5 Å². The summed E-state index contributed by atoms with van der Waals surface area (Å²) in [6.45, 7) is 6.82. The summed E-state index contributed by atoms with van der Waals surface area (Å²) in [5.41, 5.74) is 0. The molecule has 0 aliphatic carbocycles. The number of nitrogens with one attached hydrogen (secondary N) is 1. The summed E-state index contributed by atoms with van der Waals surface area (Å²) in [6.07, 6.45) is 11.9. The highest BCUT2D eigenvalue weighted by Crippen LogP contribution is 2.11. The van der Waals surface area contributed by atoms with Crippen molar-refractivity contribution in [3.05, 3.63) is 11.8 Å². The van der Waals surface area contributed by atoms with Crippen molar-refractivity contribution in [3.8, 4) is 0 Å². The van der Waals surface area contributed by atoms with Crippen molar-refractivity contribution in [2.45, 2.75) is 91.4 Å². The van der Waals surface area contributed by atoms with Gasteiger partial charge < -0.3 is 14.7 Å². The van der Waals surface area contributed by atoms with Gasteiger partial charge in [0, 0.05) is 19.0 Å². The average molecular weight is 380 g/mol. The summed E-state index contributed by atoms with van der Waals surface area (Å²) in [6, 6.07) is 1.67. The van der Waals surface area contributed by atoms with Crippen LogP contribution in [0, 0.1) is 6.92 Å². The summed E-state index contributed by atoms with van der Waals surface area (Å²) in [5.74, 6) is 0.879. The van der Waals surface area contributed by atoms with Crippen LogP contribution in [0.3, 0.4) is 0 Å². The maximum atomic E-state index is 12.6. The van der Waals surface area contributed by atoms with Crippen molar-refractivity contribution in [2.75, 3.05) is 18.4 Å². The van der Waals surface area contributed by atoms with Gasteiger partial charge >= 0.3 is 0 Å². The van der Waals surface area contributed by atoms with Crippen LogP contribution in [0.2, 0.25) is 0 Å². The van der Waals surface area contributed by atoms with Crippen molar-refractivity contribution in [3.63, 3.8) is 0 Å².